The average Bonchev–Trinajstić information content (AvgIpc) is 3.49. The van der Waals surface area contributed by atoms with E-state index in [4.69, 9.17) is 20.9 Å². The number of anilines is 1. The van der Waals surface area contributed by atoms with Gasteiger partial charge in [-0.2, -0.15) is 4.98 Å². The summed E-state index contributed by atoms with van der Waals surface area (Å²) in [4.78, 5) is 17.4. The summed E-state index contributed by atoms with van der Waals surface area (Å²) < 4.78 is 37.4. The van der Waals surface area contributed by atoms with Gasteiger partial charge in [-0.15, -0.1) is 11.3 Å². The maximum absolute atomic E-state index is 13.0. The Balaban J connectivity index is 1.48. The molecule has 0 saturated carbocycles. The zero-order valence-electron chi connectivity index (χ0n) is 16.6. The standard InChI is InChI=1S/C21H16ClN3O5S2/c1-25(16-7-3-6-15(22)12-16)32(27,28)17-8-2-5-14(11-17)21(26)29-13-19-23-20(24-30-19)18-9-4-10-31-18/h2-12H,13H2,1H3. The number of ether oxygens (including phenoxy) is 1. The zero-order valence-corrected chi connectivity index (χ0v) is 19.0. The third-order valence-electron chi connectivity index (χ3n) is 4.44. The summed E-state index contributed by atoms with van der Waals surface area (Å²) in [6, 6.07) is 15.7. The van der Waals surface area contributed by atoms with Crippen LogP contribution in [0.4, 0.5) is 5.69 Å². The van der Waals surface area contributed by atoms with Gasteiger partial charge in [0.2, 0.25) is 5.82 Å². The summed E-state index contributed by atoms with van der Waals surface area (Å²) in [6.45, 7) is -0.239. The number of hydrogen-bond donors (Lipinski definition) is 0. The minimum Gasteiger partial charge on any atom is -0.452 e. The second kappa shape index (κ2) is 9.11. The molecule has 0 aliphatic carbocycles. The van der Waals surface area contributed by atoms with Crippen LogP contribution in [0.25, 0.3) is 10.7 Å². The first-order valence-corrected chi connectivity index (χ1v) is 11.9. The Labute approximate surface area is 193 Å². The minimum atomic E-state index is -3.93. The van der Waals surface area contributed by atoms with Crippen LogP contribution in [0, 0.1) is 0 Å². The van der Waals surface area contributed by atoms with Gasteiger partial charge in [-0.05, 0) is 47.8 Å². The summed E-state index contributed by atoms with van der Waals surface area (Å²) >= 11 is 7.42. The Morgan fingerprint density at radius 3 is 2.72 bits per heavy atom. The highest BCUT2D eigenvalue weighted by Crippen LogP contribution is 2.25. The molecule has 0 amide bonds. The molecule has 0 N–H and O–H groups in total. The normalized spacial score (nSPS) is 11.3. The van der Waals surface area contributed by atoms with Crippen molar-refractivity contribution in [1.82, 2.24) is 10.1 Å². The van der Waals surface area contributed by atoms with Crippen molar-refractivity contribution in [2.45, 2.75) is 11.5 Å². The topological polar surface area (TPSA) is 103 Å². The van der Waals surface area contributed by atoms with Crippen LogP contribution < -0.4 is 4.31 Å². The zero-order chi connectivity index (χ0) is 22.7. The molecule has 2 aromatic heterocycles. The van der Waals surface area contributed by atoms with Crippen LogP contribution in [-0.2, 0) is 21.4 Å². The van der Waals surface area contributed by atoms with Crippen LogP contribution in [0.2, 0.25) is 5.02 Å². The van der Waals surface area contributed by atoms with Crippen LogP contribution in [0.1, 0.15) is 16.2 Å². The molecular formula is C21H16ClN3O5S2. The van der Waals surface area contributed by atoms with Crippen molar-refractivity contribution in [2.24, 2.45) is 0 Å². The Hall–Kier alpha value is -3.21. The molecular weight excluding hydrogens is 474 g/mol. The maximum atomic E-state index is 13.0. The van der Waals surface area contributed by atoms with E-state index in [-0.39, 0.29) is 23.0 Å². The molecule has 11 heteroatoms. The molecule has 0 radical (unpaired) electrons. The lowest BCUT2D eigenvalue weighted by Gasteiger charge is -2.20. The fraction of sp³-hybridized carbons (Fsp3) is 0.0952. The van der Waals surface area contributed by atoms with Crippen molar-refractivity contribution in [3.63, 3.8) is 0 Å². The Bertz CT molecular complexity index is 1350. The summed E-state index contributed by atoms with van der Waals surface area (Å²) in [5.74, 6) is -0.183. The Kier molecular flexibility index (Phi) is 6.26. The maximum Gasteiger partial charge on any atom is 0.338 e. The number of nitrogens with zero attached hydrogens (tertiary/aromatic N) is 3. The number of rotatable bonds is 7. The van der Waals surface area contributed by atoms with E-state index in [1.807, 2.05) is 17.5 Å². The summed E-state index contributed by atoms with van der Waals surface area (Å²) in [5.41, 5.74) is 0.465. The molecule has 0 bridgehead atoms. The smallest absolute Gasteiger partial charge is 0.338 e. The molecule has 164 valence electrons. The van der Waals surface area contributed by atoms with Crippen molar-refractivity contribution in [3.05, 3.63) is 82.5 Å². The van der Waals surface area contributed by atoms with Crippen LogP contribution in [0.5, 0.6) is 0 Å². The summed E-state index contributed by atoms with van der Waals surface area (Å²) in [7, 11) is -2.52. The van der Waals surface area contributed by atoms with Crippen LogP contribution in [-0.4, -0.2) is 31.6 Å². The summed E-state index contributed by atoms with van der Waals surface area (Å²) in [5, 5.41) is 6.14. The van der Waals surface area contributed by atoms with Gasteiger partial charge in [0.25, 0.3) is 15.9 Å². The molecule has 2 heterocycles. The van der Waals surface area contributed by atoms with E-state index in [1.165, 1.54) is 48.7 Å². The average molecular weight is 490 g/mol. The molecule has 32 heavy (non-hydrogen) atoms. The summed E-state index contributed by atoms with van der Waals surface area (Å²) in [6.07, 6.45) is 0. The van der Waals surface area contributed by atoms with Crippen molar-refractivity contribution in [3.8, 4) is 10.7 Å². The molecule has 0 spiro atoms. The van der Waals surface area contributed by atoms with Crippen LogP contribution >= 0.6 is 22.9 Å². The fourth-order valence-corrected chi connectivity index (χ4v) is 4.85. The molecule has 4 rings (SSSR count). The van der Waals surface area contributed by atoms with Crippen molar-refractivity contribution < 1.29 is 22.5 Å². The van der Waals surface area contributed by atoms with Crippen molar-refractivity contribution in [1.29, 1.82) is 0 Å². The van der Waals surface area contributed by atoms with Gasteiger partial charge in [0.15, 0.2) is 6.61 Å². The highest BCUT2D eigenvalue weighted by molar-refractivity contribution is 7.92. The molecule has 8 nitrogen and oxygen atoms in total. The van der Waals surface area contributed by atoms with E-state index in [0.29, 0.717) is 16.5 Å². The second-order valence-corrected chi connectivity index (χ2v) is 9.90. The number of thiophene rings is 1. The SMILES string of the molecule is CN(c1cccc(Cl)c1)S(=O)(=O)c1cccc(C(=O)OCc2nc(-c3cccs3)no2)c1. The number of aromatic nitrogens is 2. The van der Waals surface area contributed by atoms with Gasteiger partial charge in [0.05, 0.1) is 21.0 Å². The van der Waals surface area contributed by atoms with Crippen LogP contribution in [0.3, 0.4) is 0 Å². The van der Waals surface area contributed by atoms with Gasteiger partial charge in [-0.1, -0.05) is 35.0 Å². The highest BCUT2D eigenvalue weighted by Gasteiger charge is 2.23. The molecule has 0 aliphatic rings. The van der Waals surface area contributed by atoms with E-state index in [1.54, 1.807) is 18.2 Å². The van der Waals surface area contributed by atoms with Crippen LogP contribution in [0.15, 0.2) is 75.5 Å². The predicted octanol–water partition coefficient (Wildman–Crippen LogP) is 4.63. The number of hydrogen-bond acceptors (Lipinski definition) is 8. The highest BCUT2D eigenvalue weighted by atomic mass is 35.5. The van der Waals surface area contributed by atoms with Gasteiger partial charge < -0.3 is 9.26 Å². The van der Waals surface area contributed by atoms with Gasteiger partial charge in [0, 0.05) is 12.1 Å². The van der Waals surface area contributed by atoms with E-state index in [2.05, 4.69) is 10.1 Å². The number of carbonyl (C=O) groups is 1. The molecule has 0 aliphatic heterocycles. The number of benzene rings is 2. The van der Waals surface area contributed by atoms with E-state index in [0.717, 1.165) is 9.18 Å². The number of halogens is 1. The molecule has 0 unspecified atom stereocenters. The fourth-order valence-electron chi connectivity index (χ4n) is 2.78. The third kappa shape index (κ3) is 4.67. The number of carbonyl (C=O) groups excluding carboxylic acids is 1. The largest absolute Gasteiger partial charge is 0.452 e. The lowest BCUT2D eigenvalue weighted by Crippen LogP contribution is -2.26. The Morgan fingerprint density at radius 1 is 1.16 bits per heavy atom. The molecule has 0 atom stereocenters. The molecule has 0 fully saturated rings. The number of sulfonamides is 1. The van der Waals surface area contributed by atoms with Gasteiger partial charge in [-0.25, -0.2) is 13.2 Å². The van der Waals surface area contributed by atoms with Crippen molar-refractivity contribution >= 4 is 44.6 Å². The van der Waals surface area contributed by atoms with Crippen molar-refractivity contribution in [2.75, 3.05) is 11.4 Å². The lowest BCUT2D eigenvalue weighted by molar-refractivity contribution is 0.0429. The second-order valence-electron chi connectivity index (χ2n) is 6.55. The molecule has 2 aromatic carbocycles. The quantitative estimate of drug-likeness (QED) is 0.348. The molecule has 0 saturated heterocycles. The lowest BCUT2D eigenvalue weighted by atomic mass is 10.2. The van der Waals surface area contributed by atoms with Gasteiger partial charge >= 0.3 is 5.97 Å². The predicted molar refractivity (Wildman–Crippen MR) is 120 cm³/mol. The number of esters is 1. The van der Waals surface area contributed by atoms with E-state index < -0.39 is 16.0 Å². The minimum absolute atomic E-state index is 0.0628. The first kappa shape index (κ1) is 22.0. The first-order valence-electron chi connectivity index (χ1n) is 9.23. The first-order chi connectivity index (χ1) is 15.3. The molecule has 4 aromatic rings. The monoisotopic (exact) mass is 489 g/mol. The van der Waals surface area contributed by atoms with Gasteiger partial charge in [0.1, 0.15) is 0 Å². The van der Waals surface area contributed by atoms with Gasteiger partial charge in [-0.3, -0.25) is 4.31 Å². The Morgan fingerprint density at radius 2 is 1.97 bits per heavy atom. The van der Waals surface area contributed by atoms with E-state index >= 15 is 0 Å². The third-order valence-corrected chi connectivity index (χ3v) is 7.32. The van der Waals surface area contributed by atoms with E-state index in [9.17, 15) is 13.2 Å².